The molecule has 0 fully saturated rings. The van der Waals surface area contributed by atoms with E-state index >= 15 is 0 Å². The van der Waals surface area contributed by atoms with Gasteiger partial charge in [0.2, 0.25) is 0 Å². The molecule has 0 aliphatic rings. The molecule has 4 nitrogen and oxygen atoms in total. The van der Waals surface area contributed by atoms with Gasteiger partial charge < -0.3 is 18.2 Å². The predicted octanol–water partition coefficient (Wildman–Crippen LogP) is 4.12. The molecule has 23 heavy (non-hydrogen) atoms. The van der Waals surface area contributed by atoms with E-state index in [2.05, 4.69) is 0 Å². The average molecular weight is 343 g/mol. The Labute approximate surface area is 161 Å². The number of aliphatic carboxylic acids is 1. The van der Waals surface area contributed by atoms with Crippen LogP contribution in [0.1, 0.15) is 99.2 Å². The van der Waals surface area contributed by atoms with Gasteiger partial charge in [-0.3, -0.25) is 0 Å². The topological polar surface area (TPSA) is 77.8 Å². The summed E-state index contributed by atoms with van der Waals surface area (Å²) in [6.07, 6.45) is 16.0. The third-order valence-corrected chi connectivity index (χ3v) is 4.17. The number of hydrogen-bond donors (Lipinski definition) is 3. The van der Waals surface area contributed by atoms with Crippen molar-refractivity contribution in [3.63, 3.8) is 0 Å². The van der Waals surface area contributed by atoms with Gasteiger partial charge in [0.1, 0.15) is 0 Å². The van der Waals surface area contributed by atoms with Crippen molar-refractivity contribution in [2.75, 3.05) is 6.61 Å². The number of rotatable bonds is 17. The number of aliphatic hydroxyl groups is 2. The van der Waals surface area contributed by atoms with Crippen molar-refractivity contribution in [3.8, 4) is 0 Å². The van der Waals surface area contributed by atoms with Crippen LogP contribution in [0.4, 0.5) is 0 Å². The molecule has 3 N–H and O–H groups in total. The third kappa shape index (κ3) is 20.1. The van der Waals surface area contributed by atoms with E-state index in [9.17, 15) is 4.79 Å². The smallest absolute Gasteiger partial charge is 1.00 e. The molecule has 0 rings (SSSR count). The molecule has 0 spiro atoms. The van der Waals surface area contributed by atoms with E-state index in [1.807, 2.05) is 0 Å². The van der Waals surface area contributed by atoms with E-state index in [4.69, 9.17) is 15.3 Å². The summed E-state index contributed by atoms with van der Waals surface area (Å²) >= 11 is 0. The van der Waals surface area contributed by atoms with Crippen molar-refractivity contribution in [1.82, 2.24) is 0 Å². The van der Waals surface area contributed by atoms with Crippen LogP contribution in [0.15, 0.2) is 0 Å². The minimum Gasteiger partial charge on any atom is -1.00 e. The second-order valence-corrected chi connectivity index (χ2v) is 6.32. The Morgan fingerprint density at radius 1 is 0.696 bits per heavy atom. The molecule has 0 radical (unpaired) electrons. The quantitative estimate of drug-likeness (QED) is 0.274. The first-order valence-corrected chi connectivity index (χ1v) is 9.20. The number of aliphatic hydroxyl groups excluding tert-OH is 2. The van der Waals surface area contributed by atoms with Crippen LogP contribution < -0.4 is 0 Å². The van der Waals surface area contributed by atoms with Gasteiger partial charge in [-0.05, 0) is 12.8 Å². The van der Waals surface area contributed by atoms with Crippen LogP contribution in [0.2, 0.25) is 0 Å². The van der Waals surface area contributed by atoms with Gasteiger partial charge >= 0.3 is 29.0 Å². The molecular weight excluding hydrogens is 304 g/mol. The van der Waals surface area contributed by atoms with Crippen molar-refractivity contribution in [2.45, 2.75) is 102 Å². The largest absolute Gasteiger partial charge is 2.00 e. The Kier molecular flexibility index (Phi) is 22.3. The molecule has 0 bridgehead atoms. The fourth-order valence-corrected chi connectivity index (χ4v) is 2.69. The summed E-state index contributed by atoms with van der Waals surface area (Å²) < 4.78 is 0. The van der Waals surface area contributed by atoms with Gasteiger partial charge in [0.25, 0.3) is 0 Å². The summed E-state index contributed by atoms with van der Waals surface area (Å²) in [5.41, 5.74) is 0. The molecule has 0 aromatic heterocycles. The van der Waals surface area contributed by atoms with Gasteiger partial charge in [-0.25, -0.2) is 4.79 Å². The van der Waals surface area contributed by atoms with E-state index in [1.54, 1.807) is 0 Å². The summed E-state index contributed by atoms with van der Waals surface area (Å²) in [6.45, 7) is 0.333. The second kappa shape index (κ2) is 20.2. The SMILES string of the molecule is O=C(O)C(O)CCCCCCCCCCCCCCCCO.[H-].[H-].[Mg+2]. The number of unbranched alkanes of at least 4 members (excludes halogenated alkanes) is 13. The first-order chi connectivity index (χ1) is 10.7. The van der Waals surface area contributed by atoms with Crippen LogP contribution in [0.3, 0.4) is 0 Å². The molecular formula is C18H38MgO4. The molecule has 0 aromatic rings. The Morgan fingerprint density at radius 3 is 1.30 bits per heavy atom. The summed E-state index contributed by atoms with van der Waals surface area (Å²) in [7, 11) is 0. The maximum atomic E-state index is 10.4. The predicted molar refractivity (Wildman–Crippen MR) is 98.0 cm³/mol. The number of hydrogen-bond acceptors (Lipinski definition) is 3. The van der Waals surface area contributed by atoms with Crippen molar-refractivity contribution in [2.24, 2.45) is 0 Å². The van der Waals surface area contributed by atoms with Gasteiger partial charge in [0.15, 0.2) is 6.10 Å². The molecule has 1 unspecified atom stereocenters. The molecule has 0 saturated heterocycles. The summed E-state index contributed by atoms with van der Waals surface area (Å²) in [4.78, 5) is 10.4. The second-order valence-electron chi connectivity index (χ2n) is 6.32. The number of carboxylic acids is 1. The fourth-order valence-electron chi connectivity index (χ4n) is 2.69. The van der Waals surface area contributed by atoms with Gasteiger partial charge in [0.05, 0.1) is 0 Å². The van der Waals surface area contributed by atoms with Gasteiger partial charge in [-0.15, -0.1) is 0 Å². The van der Waals surface area contributed by atoms with E-state index in [0.29, 0.717) is 13.0 Å². The zero-order valence-electron chi connectivity index (χ0n) is 16.8. The Morgan fingerprint density at radius 2 is 1.00 bits per heavy atom. The normalized spacial score (nSPS) is 11.9. The standard InChI is InChI=1S/C18H36O4.Mg.2H/c19-16-14-12-10-8-6-4-2-1-3-5-7-9-11-13-15-17(20)18(21)22;;;/h17,19-20H,1-16H2,(H,21,22);;;/q;+2;2*-1. The van der Waals surface area contributed by atoms with Crippen LogP contribution >= 0.6 is 0 Å². The molecule has 0 amide bonds. The van der Waals surface area contributed by atoms with E-state index in [0.717, 1.165) is 25.7 Å². The molecule has 5 heteroatoms. The Balaban J connectivity index is -0.000000735. The van der Waals surface area contributed by atoms with Crippen LogP contribution in [0.5, 0.6) is 0 Å². The van der Waals surface area contributed by atoms with Crippen LogP contribution in [-0.4, -0.2) is 57.1 Å². The van der Waals surface area contributed by atoms with Crippen LogP contribution in [-0.2, 0) is 4.79 Å². The monoisotopic (exact) mass is 342 g/mol. The minimum absolute atomic E-state index is 0. The molecule has 0 saturated carbocycles. The molecule has 0 aliphatic carbocycles. The van der Waals surface area contributed by atoms with Crippen molar-refractivity contribution < 1.29 is 23.0 Å². The molecule has 136 valence electrons. The zero-order chi connectivity index (χ0) is 16.5. The molecule has 1 atom stereocenters. The summed E-state index contributed by atoms with van der Waals surface area (Å²) in [6, 6.07) is 0. The molecule has 0 aromatic carbocycles. The average Bonchev–Trinajstić information content (AvgIpc) is 2.50. The number of carboxylic acid groups (broad SMARTS) is 1. The van der Waals surface area contributed by atoms with Crippen molar-refractivity contribution >= 4 is 29.0 Å². The summed E-state index contributed by atoms with van der Waals surface area (Å²) in [5.74, 6) is -1.10. The zero-order valence-corrected chi connectivity index (χ0v) is 16.3. The Bertz CT molecular complexity index is 259. The summed E-state index contributed by atoms with van der Waals surface area (Å²) in [5, 5.41) is 26.3. The van der Waals surface area contributed by atoms with Crippen LogP contribution in [0.25, 0.3) is 0 Å². The first kappa shape index (κ1) is 25.4. The van der Waals surface area contributed by atoms with E-state index in [1.165, 1.54) is 64.2 Å². The van der Waals surface area contributed by atoms with Crippen molar-refractivity contribution in [3.05, 3.63) is 0 Å². The maximum Gasteiger partial charge on any atom is 2.00 e. The Hall–Kier alpha value is 0.156. The van der Waals surface area contributed by atoms with Gasteiger partial charge in [-0.1, -0.05) is 83.5 Å². The molecule has 0 heterocycles. The van der Waals surface area contributed by atoms with Crippen molar-refractivity contribution in [1.29, 1.82) is 0 Å². The molecule has 0 aliphatic heterocycles. The van der Waals surface area contributed by atoms with Crippen LogP contribution in [0, 0.1) is 0 Å². The van der Waals surface area contributed by atoms with E-state index < -0.39 is 12.1 Å². The van der Waals surface area contributed by atoms with Gasteiger partial charge in [0, 0.05) is 6.61 Å². The minimum atomic E-state index is -1.18. The number of carbonyl (C=O) groups is 1. The third-order valence-electron chi connectivity index (χ3n) is 4.17. The fraction of sp³-hybridized carbons (Fsp3) is 0.944. The first-order valence-electron chi connectivity index (χ1n) is 9.20. The maximum absolute atomic E-state index is 10.4. The van der Waals surface area contributed by atoms with Gasteiger partial charge in [-0.2, -0.15) is 0 Å². The van der Waals surface area contributed by atoms with E-state index in [-0.39, 0.29) is 25.9 Å².